The number of carbonyl (C=O) groups is 1. The van der Waals surface area contributed by atoms with Gasteiger partial charge in [0.2, 0.25) is 11.1 Å². The van der Waals surface area contributed by atoms with Gasteiger partial charge >= 0.3 is 0 Å². The number of halogens is 1. The minimum absolute atomic E-state index is 0.0518. The Morgan fingerprint density at radius 3 is 2.74 bits per heavy atom. The van der Waals surface area contributed by atoms with Crippen molar-refractivity contribution in [1.29, 1.82) is 0 Å². The maximum atomic E-state index is 12.2. The van der Waals surface area contributed by atoms with Crippen molar-refractivity contribution < 1.29 is 4.79 Å². The van der Waals surface area contributed by atoms with E-state index in [1.807, 2.05) is 59.3 Å². The second kappa shape index (κ2) is 8.15. The molecule has 0 unspecified atom stereocenters. The van der Waals surface area contributed by atoms with Crippen molar-refractivity contribution >= 4 is 29.3 Å². The van der Waals surface area contributed by atoms with Crippen LogP contribution in [0.2, 0.25) is 5.02 Å². The average Bonchev–Trinajstić information content (AvgIpc) is 3.45. The molecule has 0 aliphatic heterocycles. The molecule has 1 amide bonds. The van der Waals surface area contributed by atoms with Gasteiger partial charge in [0.05, 0.1) is 11.4 Å². The van der Waals surface area contributed by atoms with Crippen molar-refractivity contribution in [3.05, 3.63) is 71.0 Å². The Balaban J connectivity index is 1.37. The van der Waals surface area contributed by atoms with Gasteiger partial charge in [-0.15, -0.1) is 5.10 Å². The molecule has 1 heterocycles. The molecule has 0 saturated heterocycles. The van der Waals surface area contributed by atoms with Gasteiger partial charge in [-0.3, -0.25) is 4.79 Å². The van der Waals surface area contributed by atoms with E-state index in [0.717, 1.165) is 29.9 Å². The van der Waals surface area contributed by atoms with Gasteiger partial charge in [-0.05, 0) is 42.7 Å². The first-order valence-corrected chi connectivity index (χ1v) is 10.2. The van der Waals surface area contributed by atoms with Crippen molar-refractivity contribution in [2.45, 2.75) is 30.5 Å². The molecule has 0 atom stereocenters. The highest BCUT2D eigenvalue weighted by Gasteiger charge is 2.30. The van der Waals surface area contributed by atoms with E-state index < -0.39 is 0 Å². The van der Waals surface area contributed by atoms with E-state index in [1.165, 1.54) is 11.8 Å². The first-order valence-electron chi connectivity index (χ1n) is 8.85. The number of thioether (sulfide) groups is 1. The highest BCUT2D eigenvalue weighted by molar-refractivity contribution is 7.99. The molecule has 138 valence electrons. The topological polar surface area (TPSA) is 59.8 Å². The van der Waals surface area contributed by atoms with Gasteiger partial charge in [0.25, 0.3) is 0 Å². The number of hydrogen-bond acceptors (Lipinski definition) is 4. The van der Waals surface area contributed by atoms with Crippen LogP contribution in [-0.2, 0) is 11.3 Å². The van der Waals surface area contributed by atoms with Crippen molar-refractivity contribution in [3.63, 3.8) is 0 Å². The van der Waals surface area contributed by atoms with E-state index in [9.17, 15) is 4.79 Å². The van der Waals surface area contributed by atoms with E-state index in [-0.39, 0.29) is 11.7 Å². The molecule has 0 spiro atoms. The van der Waals surface area contributed by atoms with Crippen molar-refractivity contribution in [2.75, 3.05) is 5.75 Å². The molecule has 1 N–H and O–H groups in total. The average molecular weight is 399 g/mol. The largest absolute Gasteiger partial charge is 0.351 e. The molecule has 7 heteroatoms. The highest BCUT2D eigenvalue weighted by atomic mass is 35.5. The second-order valence-corrected chi connectivity index (χ2v) is 7.85. The van der Waals surface area contributed by atoms with Gasteiger partial charge in [0.15, 0.2) is 0 Å². The third-order valence-electron chi connectivity index (χ3n) is 4.27. The van der Waals surface area contributed by atoms with Gasteiger partial charge in [-0.1, -0.05) is 53.7 Å². The number of hydrogen-bond donors (Lipinski definition) is 1. The molecular formula is C20H19ClN4OS. The first-order chi connectivity index (χ1) is 13.2. The normalized spacial score (nSPS) is 13.5. The summed E-state index contributed by atoms with van der Waals surface area (Å²) in [4.78, 5) is 16.8. The molecule has 5 nitrogen and oxygen atoms in total. The van der Waals surface area contributed by atoms with Crippen molar-refractivity contribution in [2.24, 2.45) is 0 Å². The summed E-state index contributed by atoms with van der Waals surface area (Å²) < 4.78 is 1.91. The van der Waals surface area contributed by atoms with E-state index in [0.29, 0.717) is 22.6 Å². The molecule has 1 saturated carbocycles. The Bertz CT molecular complexity index is 940. The fourth-order valence-corrected chi connectivity index (χ4v) is 3.63. The number of nitrogens with zero attached hydrogens (tertiary/aromatic N) is 3. The van der Waals surface area contributed by atoms with E-state index in [4.69, 9.17) is 11.6 Å². The lowest BCUT2D eigenvalue weighted by Crippen LogP contribution is -2.24. The molecule has 0 radical (unpaired) electrons. The summed E-state index contributed by atoms with van der Waals surface area (Å²) in [6.07, 6.45) is 2.30. The van der Waals surface area contributed by atoms with Crippen LogP contribution in [-0.4, -0.2) is 26.4 Å². The third kappa shape index (κ3) is 4.70. The minimum Gasteiger partial charge on any atom is -0.351 e. The second-order valence-electron chi connectivity index (χ2n) is 6.47. The summed E-state index contributed by atoms with van der Waals surface area (Å²) >= 11 is 7.32. The summed E-state index contributed by atoms with van der Waals surface area (Å²) in [5.41, 5.74) is 1.98. The number of carbonyl (C=O) groups excluding carboxylic acids is 1. The summed E-state index contributed by atoms with van der Waals surface area (Å²) in [5, 5.41) is 8.82. The lowest BCUT2D eigenvalue weighted by molar-refractivity contribution is -0.118. The van der Waals surface area contributed by atoms with Gasteiger partial charge in [0, 0.05) is 17.5 Å². The van der Waals surface area contributed by atoms with Crippen LogP contribution in [0.15, 0.2) is 59.8 Å². The van der Waals surface area contributed by atoms with Crippen LogP contribution in [0.25, 0.3) is 5.69 Å². The zero-order valence-corrected chi connectivity index (χ0v) is 16.2. The fourth-order valence-electron chi connectivity index (χ4n) is 2.76. The lowest BCUT2D eigenvalue weighted by atomic mass is 10.2. The fraction of sp³-hybridized carbons (Fsp3) is 0.250. The minimum atomic E-state index is -0.0518. The molecule has 1 aliphatic carbocycles. The predicted molar refractivity (Wildman–Crippen MR) is 107 cm³/mol. The van der Waals surface area contributed by atoms with Crippen LogP contribution in [0.4, 0.5) is 0 Å². The SMILES string of the molecule is O=C(CSc1nc(C2CC2)n(-c2ccccc2)n1)NCc1cccc(Cl)c1. The summed E-state index contributed by atoms with van der Waals surface area (Å²) in [6.45, 7) is 0.458. The number of nitrogens with one attached hydrogen (secondary N) is 1. The van der Waals surface area contributed by atoms with Crippen LogP contribution in [0.1, 0.15) is 30.1 Å². The van der Waals surface area contributed by atoms with Crippen LogP contribution in [0.5, 0.6) is 0 Å². The van der Waals surface area contributed by atoms with Crippen molar-refractivity contribution in [1.82, 2.24) is 20.1 Å². The molecule has 1 aliphatic rings. The van der Waals surface area contributed by atoms with Crippen LogP contribution >= 0.6 is 23.4 Å². The van der Waals surface area contributed by atoms with E-state index >= 15 is 0 Å². The maximum Gasteiger partial charge on any atom is 0.230 e. The van der Waals surface area contributed by atoms with Gasteiger partial charge < -0.3 is 5.32 Å². The molecule has 27 heavy (non-hydrogen) atoms. The molecule has 3 aromatic rings. The monoisotopic (exact) mass is 398 g/mol. The van der Waals surface area contributed by atoms with Crippen LogP contribution < -0.4 is 5.32 Å². The molecule has 4 rings (SSSR count). The third-order valence-corrected chi connectivity index (χ3v) is 5.34. The number of aromatic nitrogens is 3. The molecule has 1 aromatic heterocycles. The van der Waals surface area contributed by atoms with Crippen LogP contribution in [0, 0.1) is 0 Å². The van der Waals surface area contributed by atoms with E-state index in [2.05, 4.69) is 15.4 Å². The first kappa shape index (κ1) is 18.1. The molecule has 0 bridgehead atoms. The Labute approximate surface area is 167 Å². The Kier molecular flexibility index (Phi) is 5.45. The summed E-state index contributed by atoms with van der Waals surface area (Å²) in [5.74, 6) is 1.69. The molecular weight excluding hydrogens is 380 g/mol. The Hall–Kier alpha value is -2.31. The van der Waals surface area contributed by atoms with Gasteiger partial charge in [-0.25, -0.2) is 9.67 Å². The standard InChI is InChI=1S/C20H19ClN4OS/c21-16-6-4-5-14(11-16)12-22-18(26)13-27-20-23-19(15-9-10-15)25(24-20)17-7-2-1-3-8-17/h1-8,11,15H,9-10,12-13H2,(H,22,26). The maximum absolute atomic E-state index is 12.2. The molecule has 2 aromatic carbocycles. The van der Waals surface area contributed by atoms with Gasteiger partial charge in [-0.2, -0.15) is 0 Å². The van der Waals surface area contributed by atoms with Crippen molar-refractivity contribution in [3.8, 4) is 5.69 Å². The Morgan fingerprint density at radius 1 is 1.19 bits per heavy atom. The smallest absolute Gasteiger partial charge is 0.230 e. The van der Waals surface area contributed by atoms with Crippen LogP contribution in [0.3, 0.4) is 0 Å². The summed E-state index contributed by atoms with van der Waals surface area (Å²) in [6, 6.07) is 17.5. The lowest BCUT2D eigenvalue weighted by Gasteiger charge is -2.04. The predicted octanol–water partition coefficient (Wildman–Crippen LogP) is 4.21. The number of benzene rings is 2. The zero-order valence-electron chi connectivity index (χ0n) is 14.6. The zero-order chi connectivity index (χ0) is 18.6. The number of amides is 1. The quantitative estimate of drug-likeness (QED) is 0.606. The Morgan fingerprint density at radius 2 is 2.00 bits per heavy atom. The molecule has 1 fully saturated rings. The number of rotatable bonds is 7. The number of para-hydroxylation sites is 1. The van der Waals surface area contributed by atoms with Gasteiger partial charge in [0.1, 0.15) is 5.82 Å². The summed E-state index contributed by atoms with van der Waals surface area (Å²) in [7, 11) is 0. The highest BCUT2D eigenvalue weighted by Crippen LogP contribution is 2.40. The van der Waals surface area contributed by atoms with E-state index in [1.54, 1.807) is 0 Å².